The molecule has 2 aromatic rings. The number of aldehydes is 1. The maximum Gasteiger partial charge on any atom is 0.336 e. The Morgan fingerprint density at radius 1 is 0.752 bits per heavy atom. The number of carboxylic acid groups (broad SMARTS) is 1. The van der Waals surface area contributed by atoms with Crippen LogP contribution >= 0.6 is 12.2 Å². The SMILES string of the molecule is CC1O[C@@H](OC2C(O)[C@@H](NC(=O)CCCCCNC(=S)Nc3ccc(-c4c5ccc(=O)cc-5oc5cc(O)ccc45)c(C(=O)O)c3)C(CO)O[C@H]2OC(=O)[C@]23CCC(C)(C)CC2C2=CCC4C5(C)CC[C@H](O)[C@](C)(C=O)[C@@H]5CC[C@]4(C)[C@]2(C)C[C@H]3O)C(O)C(O)[C@H]1O[C@@H]1OC[C@@H](O)C(O)C1O. The van der Waals surface area contributed by atoms with E-state index in [-0.39, 0.29) is 75.1 Å². The van der Waals surface area contributed by atoms with Crippen molar-refractivity contribution in [1.82, 2.24) is 10.6 Å². The first-order valence-electron chi connectivity index (χ1n) is 35.3. The Morgan fingerprint density at radius 2 is 1.49 bits per heavy atom. The molecule has 27 heteroatoms. The Balaban J connectivity index is 0.737. The van der Waals surface area contributed by atoms with Gasteiger partial charge in [0.2, 0.25) is 12.2 Å². The topological polar surface area (TPSA) is 412 Å². The van der Waals surface area contributed by atoms with Crippen LogP contribution < -0.4 is 21.4 Å². The van der Waals surface area contributed by atoms with Gasteiger partial charge in [-0.05, 0) is 171 Å². The van der Waals surface area contributed by atoms with Crippen molar-refractivity contribution in [2.75, 3.05) is 25.1 Å². The summed E-state index contributed by atoms with van der Waals surface area (Å²) >= 11 is 5.58. The molecule has 26 nitrogen and oxygen atoms in total. The van der Waals surface area contributed by atoms with Crippen LogP contribution in [0.2, 0.25) is 0 Å². The van der Waals surface area contributed by atoms with E-state index in [0.717, 1.165) is 18.3 Å². The van der Waals surface area contributed by atoms with E-state index in [1.165, 1.54) is 37.3 Å². The van der Waals surface area contributed by atoms with Gasteiger partial charge in [-0.15, -0.1) is 0 Å². The molecule has 552 valence electrons. The number of aromatic hydroxyl groups is 1. The Hall–Kier alpha value is -6.12. The number of phenolic OH excluding ortho intramolecular Hbond substituents is 1. The molecule has 1 amide bonds. The highest BCUT2D eigenvalue weighted by atomic mass is 32.1. The van der Waals surface area contributed by atoms with Crippen LogP contribution in [0, 0.1) is 50.2 Å². The number of amides is 1. The summed E-state index contributed by atoms with van der Waals surface area (Å²) in [6.07, 6.45) is -14.9. The zero-order chi connectivity index (χ0) is 72.8. The van der Waals surface area contributed by atoms with Crippen LogP contribution in [0.3, 0.4) is 0 Å². The van der Waals surface area contributed by atoms with Gasteiger partial charge in [0.05, 0.1) is 48.5 Å². The molecule has 0 radical (unpaired) electrons. The number of carboxylic acids is 1. The molecule has 4 saturated carbocycles. The van der Waals surface area contributed by atoms with Crippen molar-refractivity contribution >= 4 is 58.1 Å². The molecule has 3 saturated heterocycles. The monoisotopic (exact) mass is 1430 g/mol. The first-order valence-corrected chi connectivity index (χ1v) is 35.7. The molecule has 0 bridgehead atoms. The fraction of sp³-hybridized carbons (Fsp3) is 0.649. The molecule has 12 rings (SSSR count). The molecule has 4 heterocycles. The highest BCUT2D eigenvalue weighted by molar-refractivity contribution is 7.80. The molecule has 101 heavy (non-hydrogen) atoms. The van der Waals surface area contributed by atoms with Gasteiger partial charge in [-0.25, -0.2) is 4.79 Å². The molecule has 4 aliphatic heterocycles. The lowest BCUT2D eigenvalue weighted by Gasteiger charge is -2.71. The van der Waals surface area contributed by atoms with E-state index in [9.17, 15) is 75.3 Å². The van der Waals surface area contributed by atoms with E-state index < -0.39 is 157 Å². The number of hydrogen-bond donors (Lipinski definition) is 14. The molecule has 6 aliphatic carbocycles. The Morgan fingerprint density at radius 3 is 2.22 bits per heavy atom. The Kier molecular flexibility index (Phi) is 21.0. The summed E-state index contributed by atoms with van der Waals surface area (Å²) in [6.45, 7) is 13.4. The summed E-state index contributed by atoms with van der Waals surface area (Å²) in [4.78, 5) is 67.9. The van der Waals surface area contributed by atoms with Crippen LogP contribution in [0.4, 0.5) is 5.69 Å². The second kappa shape index (κ2) is 28.4. The van der Waals surface area contributed by atoms with Crippen LogP contribution in [0.25, 0.3) is 33.4 Å². The van der Waals surface area contributed by atoms with Gasteiger partial charge in [-0.2, -0.15) is 0 Å². The lowest BCUT2D eigenvalue weighted by molar-refractivity contribution is -0.370. The van der Waals surface area contributed by atoms with Crippen LogP contribution in [-0.4, -0.2) is 203 Å². The summed E-state index contributed by atoms with van der Waals surface area (Å²) in [5, 5.41) is 133. The average molecular weight is 1430 g/mol. The number of phenols is 1. The van der Waals surface area contributed by atoms with Crippen LogP contribution in [0.15, 0.2) is 75.5 Å². The number of aromatic carboxylic acids is 1. The minimum Gasteiger partial charge on any atom is -0.508 e. The normalized spacial score (nSPS) is 39.6. The molecule has 14 N–H and O–H groups in total. The van der Waals surface area contributed by atoms with Crippen LogP contribution in [-0.2, 0) is 42.8 Å². The second-order valence-electron chi connectivity index (χ2n) is 31.4. The molecule has 2 aromatic carbocycles. The third-order valence-electron chi connectivity index (χ3n) is 25.1. The minimum atomic E-state index is -2.00. The number of carbonyl (C=O) groups excluding carboxylic acids is 3. The van der Waals surface area contributed by atoms with Crippen molar-refractivity contribution in [3.63, 3.8) is 0 Å². The van der Waals surface area contributed by atoms with Crippen molar-refractivity contribution in [2.45, 2.75) is 230 Å². The predicted molar refractivity (Wildman–Crippen MR) is 366 cm³/mol. The molecule has 7 fully saturated rings. The number of thiocarbonyl (C=S) groups is 1. The number of aliphatic hydroxyl groups excluding tert-OH is 9. The van der Waals surface area contributed by atoms with Gasteiger partial charge in [0.15, 0.2) is 29.2 Å². The molecular formula is C74H97N3O23S. The fourth-order valence-corrected chi connectivity index (χ4v) is 19.4. The average Bonchev–Trinajstić information content (AvgIpc) is 0.671. The number of benzene rings is 3. The van der Waals surface area contributed by atoms with E-state index in [0.29, 0.717) is 92.1 Å². The van der Waals surface area contributed by atoms with Crippen molar-refractivity contribution in [3.8, 4) is 28.2 Å². The minimum absolute atomic E-state index is 0.0691. The van der Waals surface area contributed by atoms with Crippen molar-refractivity contribution < 1.29 is 108 Å². The summed E-state index contributed by atoms with van der Waals surface area (Å²) < 4.78 is 42.6. The van der Waals surface area contributed by atoms with Crippen LogP contribution in [0.5, 0.6) is 5.75 Å². The lowest BCUT2D eigenvalue weighted by Crippen LogP contribution is -2.69. The number of fused-ring (bicyclic) bond motifs is 9. The number of rotatable bonds is 18. The zero-order valence-electron chi connectivity index (χ0n) is 57.9. The second-order valence-corrected chi connectivity index (χ2v) is 31.9. The molecule has 11 unspecified atom stereocenters. The number of aliphatic hydroxyl groups is 9. The van der Waals surface area contributed by atoms with E-state index >= 15 is 4.79 Å². The van der Waals surface area contributed by atoms with Crippen molar-refractivity contribution in [3.05, 3.63) is 82.0 Å². The molecule has 0 aromatic heterocycles. The van der Waals surface area contributed by atoms with Gasteiger partial charge < -0.3 is 110 Å². The van der Waals surface area contributed by atoms with Crippen LogP contribution in [0.1, 0.15) is 142 Å². The van der Waals surface area contributed by atoms with E-state index in [2.05, 4.69) is 56.6 Å². The van der Waals surface area contributed by atoms with E-state index in [1.807, 2.05) is 6.92 Å². The Labute approximate surface area is 590 Å². The van der Waals surface area contributed by atoms with Gasteiger partial charge in [-0.1, -0.05) is 65.7 Å². The first-order chi connectivity index (χ1) is 47.7. The molecule has 24 atom stereocenters. The number of esters is 1. The van der Waals surface area contributed by atoms with Gasteiger partial charge in [-0.3, -0.25) is 14.4 Å². The number of unbranched alkanes of at least 4 members (excludes halogenated alkanes) is 2. The number of carbonyl (C=O) groups is 4. The number of allylic oxidation sites excluding steroid dienone is 2. The third kappa shape index (κ3) is 13.2. The maximum atomic E-state index is 15.8. The van der Waals surface area contributed by atoms with Crippen molar-refractivity contribution in [1.29, 1.82) is 0 Å². The van der Waals surface area contributed by atoms with Crippen molar-refractivity contribution in [2.24, 2.45) is 50.2 Å². The fourth-order valence-electron chi connectivity index (χ4n) is 19.2. The lowest BCUT2D eigenvalue weighted by atomic mass is 9.33. The molecular weight excluding hydrogens is 1330 g/mol. The zero-order valence-corrected chi connectivity index (χ0v) is 58.7. The van der Waals surface area contributed by atoms with Gasteiger partial charge >= 0.3 is 11.9 Å². The van der Waals surface area contributed by atoms with E-state index in [4.69, 9.17) is 45.1 Å². The predicted octanol–water partition coefficient (Wildman–Crippen LogP) is 4.91. The summed E-state index contributed by atoms with van der Waals surface area (Å²) in [6, 6.07) is 11.9. The van der Waals surface area contributed by atoms with Gasteiger partial charge in [0, 0.05) is 47.3 Å². The third-order valence-corrected chi connectivity index (χ3v) is 25.3. The number of nitrogens with one attached hydrogen (secondary N) is 3. The number of anilines is 1. The summed E-state index contributed by atoms with van der Waals surface area (Å²) in [5.74, 6) is -3.14. The molecule has 0 spiro atoms. The number of ether oxygens (including phenoxy) is 6. The Bertz CT molecular complexity index is 3850. The smallest absolute Gasteiger partial charge is 0.336 e. The highest BCUT2D eigenvalue weighted by Crippen LogP contribution is 2.76. The maximum absolute atomic E-state index is 15.8. The quantitative estimate of drug-likeness (QED) is 0.0157. The standard InChI is InChI=1S/C74H97N3O23S/c1-35-61(98-64-59(89)56(86)45(82)33-94-64)58(88)60(90)65(95-35)99-62-57(87)55(77-53(85)11-9-8-10-26-75-68(101)76-36-12-15-39(42(27-36)63(91)92)54-40-16-13-37(80)28-46(40)96-47-29-38(81)14-17-41(47)54)48(32-78)97-66(62)100-67(93)74-25-24-69(2,3)30-44(74)43-18-19-50-70(4)22-21-51(83)71(5,34-79)49(70)20-23-72(50,6)73(43,7)31-52(74)84/h12-18,27-29,34-35,44-45,48-52,55-62,64-66,78,80,82-84,86-90H,8-11,19-26,30-33H2,1-7H3,(H,77,85)(H,91,92)(H2,75,76,101)/t35?,44?,45-,48?,49-,50?,51+,52-,55+,56?,57?,58?,59?,60?,61+,62?,64+,65+,66+,70?,71-,72+,73-,74-/m1/s1. The van der Waals surface area contributed by atoms with Gasteiger partial charge in [0.1, 0.15) is 77.6 Å². The number of hydrogen-bond acceptors (Lipinski definition) is 23. The summed E-state index contributed by atoms with van der Waals surface area (Å²) in [7, 11) is 0. The first kappa shape index (κ1) is 74.6. The highest BCUT2D eigenvalue weighted by Gasteiger charge is 2.72. The summed E-state index contributed by atoms with van der Waals surface area (Å²) in [5.41, 5.74) is -1.69. The molecule has 10 aliphatic rings. The van der Waals surface area contributed by atoms with E-state index in [1.54, 1.807) is 24.3 Å². The van der Waals surface area contributed by atoms with Gasteiger partial charge in [0.25, 0.3) is 0 Å². The largest absolute Gasteiger partial charge is 0.508 e.